The van der Waals surface area contributed by atoms with Crippen molar-refractivity contribution in [2.24, 2.45) is 5.92 Å². The first-order valence-corrected chi connectivity index (χ1v) is 10.1. The van der Waals surface area contributed by atoms with Gasteiger partial charge in [0.1, 0.15) is 5.69 Å². The van der Waals surface area contributed by atoms with Crippen LogP contribution in [0.3, 0.4) is 0 Å². The number of aromatic amines is 1. The van der Waals surface area contributed by atoms with Crippen LogP contribution in [0.5, 0.6) is 0 Å². The van der Waals surface area contributed by atoms with Crippen LogP contribution < -0.4 is 0 Å². The minimum absolute atomic E-state index is 0.0125. The fourth-order valence-corrected chi connectivity index (χ4v) is 4.31. The third kappa shape index (κ3) is 4.08. The predicted octanol–water partition coefficient (Wildman–Crippen LogP) is 3.22. The first-order chi connectivity index (χ1) is 13.1. The molecule has 2 fully saturated rings. The van der Waals surface area contributed by atoms with E-state index in [1.807, 2.05) is 0 Å². The Balaban J connectivity index is 1.40. The molecule has 6 heteroatoms. The molecule has 0 saturated carbocycles. The van der Waals surface area contributed by atoms with Crippen molar-refractivity contribution >= 4 is 0 Å². The van der Waals surface area contributed by atoms with Gasteiger partial charge in [-0.2, -0.15) is 15.4 Å². The van der Waals surface area contributed by atoms with E-state index in [1.165, 1.54) is 5.56 Å². The van der Waals surface area contributed by atoms with Gasteiger partial charge in [-0.05, 0) is 42.3 Å². The summed E-state index contributed by atoms with van der Waals surface area (Å²) in [6, 6.07) is 8.79. The second-order valence-electron chi connectivity index (χ2n) is 8.12. The van der Waals surface area contributed by atoms with Gasteiger partial charge in [-0.3, -0.25) is 0 Å². The molecule has 1 N–H and O–H groups in total. The standard InChI is InChI=1S/C21H30N4O2/c1-16-15-25(9-7-20-26-11-4-12-27-20)10-8-21(16,2)18-6-3-5-17(13-18)19-14-22-24-23-19/h3,5-6,13-14,16,20H,4,7-12,15H2,1-2H3,(H,22,23,24). The molecule has 0 bridgehead atoms. The van der Waals surface area contributed by atoms with Gasteiger partial charge in [-0.1, -0.05) is 32.0 Å². The number of aromatic nitrogens is 3. The number of rotatable bonds is 5. The molecule has 2 aliphatic rings. The normalized spacial score (nSPS) is 27.7. The molecule has 6 nitrogen and oxygen atoms in total. The van der Waals surface area contributed by atoms with Crippen molar-refractivity contribution in [1.82, 2.24) is 20.3 Å². The van der Waals surface area contributed by atoms with E-state index in [2.05, 4.69) is 58.4 Å². The molecule has 1 aromatic carbocycles. The number of likely N-dealkylation sites (tertiary alicyclic amines) is 1. The highest BCUT2D eigenvalue weighted by molar-refractivity contribution is 5.59. The summed E-state index contributed by atoms with van der Waals surface area (Å²) in [5.41, 5.74) is 3.60. The molecule has 1 aromatic heterocycles. The molecule has 2 unspecified atom stereocenters. The quantitative estimate of drug-likeness (QED) is 0.875. The Labute approximate surface area is 161 Å². The lowest BCUT2D eigenvalue weighted by molar-refractivity contribution is -0.183. The number of nitrogens with one attached hydrogen (secondary N) is 1. The number of piperidine rings is 1. The monoisotopic (exact) mass is 370 g/mol. The number of H-pyrrole nitrogens is 1. The molecule has 2 atom stereocenters. The first kappa shape index (κ1) is 18.6. The molecule has 2 aliphatic heterocycles. The van der Waals surface area contributed by atoms with Gasteiger partial charge in [0.05, 0.1) is 19.4 Å². The van der Waals surface area contributed by atoms with Gasteiger partial charge in [0.25, 0.3) is 0 Å². The Morgan fingerprint density at radius 2 is 2.15 bits per heavy atom. The lowest BCUT2D eigenvalue weighted by Crippen LogP contribution is -2.48. The van der Waals surface area contributed by atoms with Gasteiger partial charge >= 0.3 is 0 Å². The van der Waals surface area contributed by atoms with Gasteiger partial charge < -0.3 is 14.4 Å². The molecule has 2 aromatic rings. The van der Waals surface area contributed by atoms with E-state index in [0.717, 1.165) is 63.4 Å². The second kappa shape index (κ2) is 8.09. The van der Waals surface area contributed by atoms with Crippen LogP contribution in [0.4, 0.5) is 0 Å². The average molecular weight is 370 g/mol. The summed E-state index contributed by atoms with van der Waals surface area (Å²) in [5, 5.41) is 10.9. The number of hydrogen-bond acceptors (Lipinski definition) is 5. The lowest BCUT2D eigenvalue weighted by atomic mass is 9.67. The summed E-state index contributed by atoms with van der Waals surface area (Å²) < 4.78 is 11.4. The molecular formula is C21H30N4O2. The molecule has 0 amide bonds. The van der Waals surface area contributed by atoms with Gasteiger partial charge in [0.15, 0.2) is 6.29 Å². The third-order valence-corrected chi connectivity index (χ3v) is 6.38. The highest BCUT2D eigenvalue weighted by Crippen LogP contribution is 2.40. The van der Waals surface area contributed by atoms with Crippen LogP contribution in [0.25, 0.3) is 11.3 Å². The maximum absolute atomic E-state index is 5.69. The van der Waals surface area contributed by atoms with Crippen LogP contribution in [0.15, 0.2) is 30.5 Å². The second-order valence-corrected chi connectivity index (χ2v) is 8.12. The SMILES string of the molecule is CC1CN(CCC2OCCCO2)CCC1(C)c1cccc(-c2cn[nH]n2)c1. The summed E-state index contributed by atoms with van der Waals surface area (Å²) >= 11 is 0. The lowest BCUT2D eigenvalue weighted by Gasteiger charge is -2.45. The van der Waals surface area contributed by atoms with Gasteiger partial charge in [0.2, 0.25) is 0 Å². The molecule has 0 spiro atoms. The minimum Gasteiger partial charge on any atom is -0.353 e. The van der Waals surface area contributed by atoms with Crippen molar-refractivity contribution in [1.29, 1.82) is 0 Å². The van der Waals surface area contributed by atoms with E-state index in [0.29, 0.717) is 5.92 Å². The Bertz CT molecular complexity index is 730. The zero-order valence-electron chi connectivity index (χ0n) is 16.4. The molecule has 146 valence electrons. The van der Waals surface area contributed by atoms with Crippen molar-refractivity contribution in [3.63, 3.8) is 0 Å². The summed E-state index contributed by atoms with van der Waals surface area (Å²) in [5.74, 6) is 0.576. The zero-order valence-corrected chi connectivity index (χ0v) is 16.4. The van der Waals surface area contributed by atoms with Crippen LogP contribution in [-0.2, 0) is 14.9 Å². The van der Waals surface area contributed by atoms with Crippen LogP contribution in [0.1, 0.15) is 38.7 Å². The Morgan fingerprint density at radius 1 is 1.30 bits per heavy atom. The Morgan fingerprint density at radius 3 is 2.89 bits per heavy atom. The van der Waals surface area contributed by atoms with Crippen LogP contribution in [0.2, 0.25) is 0 Å². The van der Waals surface area contributed by atoms with Gasteiger partial charge in [0, 0.05) is 25.1 Å². The Hall–Kier alpha value is -1.76. The van der Waals surface area contributed by atoms with Crippen LogP contribution in [0, 0.1) is 5.92 Å². The maximum Gasteiger partial charge on any atom is 0.158 e. The average Bonchev–Trinajstić information content (AvgIpc) is 3.25. The van der Waals surface area contributed by atoms with Crippen LogP contribution in [-0.4, -0.2) is 59.4 Å². The van der Waals surface area contributed by atoms with E-state index < -0.39 is 0 Å². The third-order valence-electron chi connectivity index (χ3n) is 6.38. The smallest absolute Gasteiger partial charge is 0.158 e. The first-order valence-electron chi connectivity index (χ1n) is 10.1. The van der Waals surface area contributed by atoms with Crippen molar-refractivity contribution in [3.05, 3.63) is 36.0 Å². The van der Waals surface area contributed by atoms with Gasteiger partial charge in [-0.25, -0.2) is 0 Å². The number of nitrogens with zero attached hydrogens (tertiary/aromatic N) is 3. The number of hydrogen-bond donors (Lipinski definition) is 1. The van der Waals surface area contributed by atoms with E-state index in [1.54, 1.807) is 6.20 Å². The van der Waals surface area contributed by atoms with E-state index in [4.69, 9.17) is 9.47 Å². The maximum atomic E-state index is 5.69. The minimum atomic E-state index is -0.0125. The number of ether oxygens (including phenoxy) is 2. The summed E-state index contributed by atoms with van der Waals surface area (Å²) in [6.45, 7) is 9.72. The molecular weight excluding hydrogens is 340 g/mol. The van der Waals surface area contributed by atoms with Crippen LogP contribution >= 0.6 is 0 Å². The van der Waals surface area contributed by atoms with Crippen molar-refractivity contribution in [2.75, 3.05) is 32.8 Å². The van der Waals surface area contributed by atoms with E-state index in [9.17, 15) is 0 Å². The van der Waals surface area contributed by atoms with Crippen molar-refractivity contribution in [3.8, 4) is 11.3 Å². The highest BCUT2D eigenvalue weighted by atomic mass is 16.7. The topological polar surface area (TPSA) is 63.3 Å². The number of benzene rings is 1. The summed E-state index contributed by atoms with van der Waals surface area (Å²) in [4.78, 5) is 2.56. The highest BCUT2D eigenvalue weighted by Gasteiger charge is 2.38. The molecule has 0 radical (unpaired) electrons. The largest absolute Gasteiger partial charge is 0.353 e. The zero-order chi connectivity index (χ0) is 18.7. The predicted molar refractivity (Wildman–Crippen MR) is 104 cm³/mol. The van der Waals surface area contributed by atoms with E-state index >= 15 is 0 Å². The van der Waals surface area contributed by atoms with Crippen molar-refractivity contribution in [2.45, 2.75) is 44.8 Å². The molecule has 2 saturated heterocycles. The summed E-state index contributed by atoms with van der Waals surface area (Å²) in [7, 11) is 0. The fraction of sp³-hybridized carbons (Fsp3) is 0.619. The molecule has 27 heavy (non-hydrogen) atoms. The summed E-state index contributed by atoms with van der Waals surface area (Å²) in [6.07, 6.45) is 4.90. The van der Waals surface area contributed by atoms with Crippen molar-refractivity contribution < 1.29 is 9.47 Å². The Kier molecular flexibility index (Phi) is 5.57. The molecule has 4 rings (SSSR count). The fourth-order valence-electron chi connectivity index (χ4n) is 4.31. The molecule has 0 aliphatic carbocycles. The van der Waals surface area contributed by atoms with Gasteiger partial charge in [-0.15, -0.1) is 0 Å². The van der Waals surface area contributed by atoms with E-state index in [-0.39, 0.29) is 11.7 Å². The molecule has 3 heterocycles.